The summed E-state index contributed by atoms with van der Waals surface area (Å²) in [6.07, 6.45) is 9.03. The van der Waals surface area contributed by atoms with E-state index in [2.05, 4.69) is 5.10 Å². The Kier molecular flexibility index (Phi) is 4.45. The fourth-order valence-corrected chi connectivity index (χ4v) is 3.92. The van der Waals surface area contributed by atoms with Crippen LogP contribution >= 0.6 is 0 Å². The zero-order valence-corrected chi connectivity index (χ0v) is 15.7. The number of rotatable bonds is 5. The highest BCUT2D eigenvalue weighted by Gasteiger charge is 2.33. The van der Waals surface area contributed by atoms with Crippen LogP contribution in [0, 0.1) is 6.92 Å². The lowest BCUT2D eigenvalue weighted by Gasteiger charge is -2.24. The highest BCUT2D eigenvalue weighted by Crippen LogP contribution is 2.35. The molecule has 1 unspecified atom stereocenters. The molecule has 0 N–H and O–H groups in total. The van der Waals surface area contributed by atoms with E-state index in [4.69, 9.17) is 0 Å². The molecule has 0 bridgehead atoms. The minimum atomic E-state index is -0.254. The number of aryl methyl sites for hydroxylation is 2. The number of ketones is 1. The molecular formula is C20H24N4O3. The lowest BCUT2D eigenvalue weighted by atomic mass is 10.0. The maximum atomic E-state index is 13.1. The molecule has 2 fully saturated rings. The maximum absolute atomic E-state index is 13.1. The van der Waals surface area contributed by atoms with E-state index in [-0.39, 0.29) is 35.1 Å². The quantitative estimate of drug-likeness (QED) is 0.758. The van der Waals surface area contributed by atoms with Crippen molar-refractivity contribution in [3.63, 3.8) is 0 Å². The monoisotopic (exact) mass is 368 g/mol. The van der Waals surface area contributed by atoms with E-state index in [0.29, 0.717) is 18.2 Å². The SMILES string of the molecule is Cc1cc(=O)c(C(=O)N2CCCC2CC(=O)c2cnn(C)c2)cn1C1CC1. The molecule has 3 heterocycles. The van der Waals surface area contributed by atoms with Crippen molar-refractivity contribution in [1.29, 1.82) is 0 Å². The van der Waals surface area contributed by atoms with E-state index in [1.807, 2.05) is 11.5 Å². The standard InChI is InChI=1S/C20H24N4O3/c1-13-8-19(26)17(12-24(13)15-5-6-15)20(27)23-7-3-4-16(23)9-18(25)14-10-21-22(2)11-14/h8,10-12,15-16H,3-7,9H2,1-2H3. The fourth-order valence-electron chi connectivity index (χ4n) is 3.92. The topological polar surface area (TPSA) is 77.2 Å². The van der Waals surface area contributed by atoms with Gasteiger partial charge in [-0.15, -0.1) is 0 Å². The number of aromatic nitrogens is 3. The molecule has 142 valence electrons. The Morgan fingerprint density at radius 3 is 2.67 bits per heavy atom. The Morgan fingerprint density at radius 1 is 1.22 bits per heavy atom. The van der Waals surface area contributed by atoms with Crippen molar-refractivity contribution in [2.45, 2.75) is 51.1 Å². The van der Waals surface area contributed by atoms with E-state index < -0.39 is 0 Å². The van der Waals surface area contributed by atoms with E-state index in [1.54, 1.807) is 41.3 Å². The molecule has 1 saturated carbocycles. The molecule has 1 aliphatic carbocycles. The normalized spacial score (nSPS) is 19.5. The molecule has 1 atom stereocenters. The highest BCUT2D eigenvalue weighted by molar-refractivity contribution is 5.97. The maximum Gasteiger partial charge on any atom is 0.259 e. The van der Waals surface area contributed by atoms with Crippen molar-refractivity contribution in [2.75, 3.05) is 6.54 Å². The molecule has 2 aromatic heterocycles. The van der Waals surface area contributed by atoms with E-state index in [0.717, 1.165) is 31.4 Å². The minimum absolute atomic E-state index is 0.0212. The number of carbonyl (C=O) groups excluding carboxylic acids is 2. The third-order valence-electron chi connectivity index (χ3n) is 5.54. The summed E-state index contributed by atoms with van der Waals surface area (Å²) in [6.45, 7) is 2.49. The highest BCUT2D eigenvalue weighted by atomic mass is 16.2. The Labute approximate surface area is 157 Å². The smallest absolute Gasteiger partial charge is 0.259 e. The van der Waals surface area contributed by atoms with Crippen LogP contribution in [0.4, 0.5) is 0 Å². The van der Waals surface area contributed by atoms with Gasteiger partial charge in [-0.2, -0.15) is 5.10 Å². The van der Waals surface area contributed by atoms with E-state index in [1.165, 1.54) is 0 Å². The van der Waals surface area contributed by atoms with Gasteiger partial charge in [0.25, 0.3) is 5.91 Å². The van der Waals surface area contributed by atoms with Crippen molar-refractivity contribution in [3.8, 4) is 0 Å². The fraction of sp³-hybridized carbons (Fsp3) is 0.500. The van der Waals surface area contributed by atoms with Gasteiger partial charge in [0, 0.05) is 56.3 Å². The largest absolute Gasteiger partial charge is 0.348 e. The zero-order chi connectivity index (χ0) is 19.1. The predicted octanol–water partition coefficient (Wildman–Crippen LogP) is 2.10. The first-order chi connectivity index (χ1) is 12.9. The van der Waals surface area contributed by atoms with Gasteiger partial charge >= 0.3 is 0 Å². The minimum Gasteiger partial charge on any atom is -0.348 e. The van der Waals surface area contributed by atoms with Gasteiger partial charge in [-0.25, -0.2) is 0 Å². The van der Waals surface area contributed by atoms with Gasteiger partial charge in [0.15, 0.2) is 11.2 Å². The zero-order valence-electron chi connectivity index (χ0n) is 15.7. The molecule has 7 heteroatoms. The Morgan fingerprint density at radius 2 is 2.00 bits per heavy atom. The molecule has 2 aromatic rings. The summed E-state index contributed by atoms with van der Waals surface area (Å²) in [5.74, 6) is -0.275. The molecule has 4 rings (SSSR count). The number of nitrogens with zero attached hydrogens (tertiary/aromatic N) is 4. The van der Waals surface area contributed by atoms with Crippen LogP contribution in [0.5, 0.6) is 0 Å². The molecule has 0 aromatic carbocycles. The van der Waals surface area contributed by atoms with Crippen LogP contribution < -0.4 is 5.43 Å². The van der Waals surface area contributed by atoms with Crippen LogP contribution in [0.25, 0.3) is 0 Å². The Bertz CT molecular complexity index is 954. The van der Waals surface area contributed by atoms with Crippen molar-refractivity contribution < 1.29 is 9.59 Å². The lowest BCUT2D eigenvalue weighted by Crippen LogP contribution is -2.39. The second kappa shape index (κ2) is 6.79. The average molecular weight is 368 g/mol. The third kappa shape index (κ3) is 3.46. The summed E-state index contributed by atoms with van der Waals surface area (Å²) < 4.78 is 3.64. The predicted molar refractivity (Wildman–Crippen MR) is 99.9 cm³/mol. The van der Waals surface area contributed by atoms with Crippen LogP contribution in [-0.2, 0) is 7.05 Å². The Hall–Kier alpha value is -2.70. The summed E-state index contributed by atoms with van der Waals surface area (Å²) in [4.78, 5) is 39.8. The molecule has 1 amide bonds. The van der Waals surface area contributed by atoms with Gasteiger partial charge < -0.3 is 9.47 Å². The number of likely N-dealkylation sites (tertiary alicyclic amines) is 1. The molecule has 2 aliphatic rings. The molecular weight excluding hydrogens is 344 g/mol. The van der Waals surface area contributed by atoms with Crippen molar-refractivity contribution in [1.82, 2.24) is 19.2 Å². The van der Waals surface area contributed by atoms with Gasteiger partial charge in [0.2, 0.25) is 0 Å². The lowest BCUT2D eigenvalue weighted by molar-refractivity contribution is 0.0715. The number of hydrogen-bond donors (Lipinski definition) is 0. The van der Waals surface area contributed by atoms with Crippen molar-refractivity contribution in [3.05, 3.63) is 51.7 Å². The van der Waals surface area contributed by atoms with Crippen LogP contribution in [0.1, 0.15) is 64.6 Å². The molecule has 7 nitrogen and oxygen atoms in total. The summed E-state index contributed by atoms with van der Waals surface area (Å²) in [6, 6.07) is 1.79. The molecule has 0 spiro atoms. The Balaban J connectivity index is 1.55. The number of amides is 1. The summed E-state index contributed by atoms with van der Waals surface area (Å²) in [7, 11) is 1.77. The van der Waals surface area contributed by atoms with Crippen LogP contribution in [0.15, 0.2) is 29.5 Å². The molecule has 0 radical (unpaired) electrons. The second-order valence-electron chi connectivity index (χ2n) is 7.66. The van der Waals surface area contributed by atoms with E-state index >= 15 is 0 Å². The van der Waals surface area contributed by atoms with Crippen LogP contribution in [-0.4, -0.2) is 43.5 Å². The number of hydrogen-bond acceptors (Lipinski definition) is 4. The summed E-state index contributed by atoms with van der Waals surface area (Å²) >= 11 is 0. The first-order valence-corrected chi connectivity index (χ1v) is 9.49. The summed E-state index contributed by atoms with van der Waals surface area (Å²) in [5.41, 5.74) is 1.43. The molecule has 1 saturated heterocycles. The average Bonchev–Trinajstić information content (AvgIpc) is 3.20. The first-order valence-electron chi connectivity index (χ1n) is 9.49. The number of pyridine rings is 1. The van der Waals surface area contributed by atoms with Crippen LogP contribution in [0.2, 0.25) is 0 Å². The number of Topliss-reactive ketones (excluding diaryl/α,β-unsaturated/α-hetero) is 1. The van der Waals surface area contributed by atoms with Crippen molar-refractivity contribution >= 4 is 11.7 Å². The third-order valence-corrected chi connectivity index (χ3v) is 5.54. The van der Waals surface area contributed by atoms with Crippen molar-refractivity contribution in [2.24, 2.45) is 7.05 Å². The van der Waals surface area contributed by atoms with Gasteiger partial charge in [-0.3, -0.25) is 19.1 Å². The first kappa shape index (κ1) is 17.7. The number of carbonyl (C=O) groups is 2. The van der Waals surface area contributed by atoms with Gasteiger partial charge in [0.1, 0.15) is 5.56 Å². The second-order valence-corrected chi connectivity index (χ2v) is 7.66. The van der Waals surface area contributed by atoms with Crippen LogP contribution in [0.3, 0.4) is 0 Å². The molecule has 27 heavy (non-hydrogen) atoms. The van der Waals surface area contributed by atoms with Gasteiger partial charge in [-0.1, -0.05) is 0 Å². The van der Waals surface area contributed by atoms with E-state index in [9.17, 15) is 14.4 Å². The van der Waals surface area contributed by atoms with Gasteiger partial charge in [-0.05, 0) is 32.6 Å². The summed E-state index contributed by atoms with van der Waals surface area (Å²) in [5, 5.41) is 4.04. The molecule has 1 aliphatic heterocycles. The van der Waals surface area contributed by atoms with Gasteiger partial charge in [0.05, 0.1) is 11.8 Å².